The van der Waals surface area contributed by atoms with Crippen LogP contribution in [-0.4, -0.2) is 26.8 Å². The van der Waals surface area contributed by atoms with Gasteiger partial charge in [-0.25, -0.2) is 4.68 Å². The number of hydrogen-bond donors (Lipinski definition) is 2. The van der Waals surface area contributed by atoms with E-state index in [0.29, 0.717) is 22.5 Å². The van der Waals surface area contributed by atoms with Gasteiger partial charge in [-0.2, -0.15) is 5.10 Å². The van der Waals surface area contributed by atoms with Gasteiger partial charge in [-0.05, 0) is 48.5 Å². The van der Waals surface area contributed by atoms with Crippen LogP contribution in [0.5, 0.6) is 0 Å². The van der Waals surface area contributed by atoms with Gasteiger partial charge in [-0.15, -0.1) is 0 Å². The van der Waals surface area contributed by atoms with Gasteiger partial charge < -0.3 is 15.6 Å². The van der Waals surface area contributed by atoms with E-state index in [1.54, 1.807) is 54.7 Å². The first-order valence-electron chi connectivity index (χ1n) is 9.80. The van der Waals surface area contributed by atoms with Crippen molar-refractivity contribution in [3.63, 3.8) is 0 Å². The predicted octanol–water partition coefficient (Wildman–Crippen LogP) is 4.03. The van der Waals surface area contributed by atoms with Crippen molar-refractivity contribution >= 4 is 28.4 Å². The lowest BCUT2D eigenvalue weighted by Crippen LogP contribution is -2.12. The number of nitrogens with one attached hydrogen (secondary N) is 1. The first-order valence-corrected chi connectivity index (χ1v) is 9.80. The molecule has 2 aromatic heterocycles. The van der Waals surface area contributed by atoms with Crippen molar-refractivity contribution < 1.29 is 14.1 Å². The van der Waals surface area contributed by atoms with E-state index in [9.17, 15) is 9.59 Å². The molecule has 3 aromatic carbocycles. The second-order valence-corrected chi connectivity index (χ2v) is 7.12. The van der Waals surface area contributed by atoms with Crippen LogP contribution in [0.4, 0.5) is 5.69 Å². The number of carbonyl (C=O) groups is 2. The minimum absolute atomic E-state index is 0.182. The molecule has 0 radical (unpaired) electrons. The maximum absolute atomic E-state index is 12.8. The van der Waals surface area contributed by atoms with Crippen LogP contribution in [0.25, 0.3) is 27.9 Å². The molecule has 0 fully saturated rings. The van der Waals surface area contributed by atoms with Gasteiger partial charge in [0.05, 0.1) is 11.1 Å². The Hall–Kier alpha value is -4.72. The van der Waals surface area contributed by atoms with E-state index < -0.39 is 5.91 Å². The first-order chi connectivity index (χ1) is 15.6. The fraction of sp³-hybridized carbons (Fsp3) is 0. The van der Waals surface area contributed by atoms with Crippen LogP contribution in [0.15, 0.2) is 89.6 Å². The SMILES string of the molecule is NC(=O)c1ccn(-c2ccc(NC(=O)c3ccc4noc(-c5ccccc5)c4c3)cc2)n1. The molecule has 0 bridgehead atoms. The van der Waals surface area contributed by atoms with Crippen molar-refractivity contribution in [1.82, 2.24) is 14.9 Å². The third-order valence-corrected chi connectivity index (χ3v) is 5.01. The molecule has 0 atom stereocenters. The molecule has 3 N–H and O–H groups in total. The number of aromatic nitrogens is 3. The highest BCUT2D eigenvalue weighted by Gasteiger charge is 2.14. The van der Waals surface area contributed by atoms with Gasteiger partial charge in [0.2, 0.25) is 0 Å². The van der Waals surface area contributed by atoms with E-state index in [1.807, 2.05) is 30.3 Å². The summed E-state index contributed by atoms with van der Waals surface area (Å²) in [4.78, 5) is 24.0. The molecule has 8 heteroatoms. The summed E-state index contributed by atoms with van der Waals surface area (Å²) < 4.78 is 7.05. The molecule has 0 aliphatic rings. The number of hydrogen-bond acceptors (Lipinski definition) is 5. The van der Waals surface area contributed by atoms with Gasteiger partial charge in [0.15, 0.2) is 5.76 Å². The highest BCUT2D eigenvalue weighted by molar-refractivity contribution is 6.07. The molecule has 5 rings (SSSR count). The summed E-state index contributed by atoms with van der Waals surface area (Å²) in [7, 11) is 0. The Kier molecular flexibility index (Phi) is 4.72. The summed E-state index contributed by atoms with van der Waals surface area (Å²) in [5.74, 6) is -0.225. The first kappa shape index (κ1) is 19.3. The summed E-state index contributed by atoms with van der Waals surface area (Å²) in [5.41, 5.74) is 8.83. The molecule has 2 heterocycles. The Morgan fingerprint density at radius 3 is 2.44 bits per heavy atom. The average molecular weight is 423 g/mol. The fourth-order valence-electron chi connectivity index (χ4n) is 3.38. The summed E-state index contributed by atoms with van der Waals surface area (Å²) in [5, 5.41) is 11.9. The molecule has 8 nitrogen and oxygen atoms in total. The second-order valence-electron chi connectivity index (χ2n) is 7.12. The van der Waals surface area contributed by atoms with Crippen molar-refractivity contribution in [2.24, 2.45) is 5.73 Å². The number of fused-ring (bicyclic) bond motifs is 1. The smallest absolute Gasteiger partial charge is 0.269 e. The Morgan fingerprint density at radius 1 is 0.938 bits per heavy atom. The summed E-state index contributed by atoms with van der Waals surface area (Å²) >= 11 is 0. The molecule has 0 spiro atoms. The van der Waals surface area contributed by atoms with Gasteiger partial charge in [0.25, 0.3) is 11.8 Å². The summed E-state index contributed by atoms with van der Waals surface area (Å²) in [6, 6.07) is 23.5. The predicted molar refractivity (Wildman–Crippen MR) is 119 cm³/mol. The van der Waals surface area contributed by atoms with E-state index in [1.165, 1.54) is 4.68 Å². The average Bonchev–Trinajstić information content (AvgIpc) is 3.47. The molecule has 0 aliphatic heterocycles. The zero-order chi connectivity index (χ0) is 22.1. The lowest BCUT2D eigenvalue weighted by Gasteiger charge is -2.07. The minimum Gasteiger partial charge on any atom is -0.364 e. The Labute approximate surface area is 182 Å². The highest BCUT2D eigenvalue weighted by Crippen LogP contribution is 2.29. The maximum Gasteiger partial charge on any atom is 0.269 e. The van der Waals surface area contributed by atoms with E-state index in [0.717, 1.165) is 16.6 Å². The number of anilines is 1. The summed E-state index contributed by atoms with van der Waals surface area (Å²) in [6.07, 6.45) is 1.65. The number of nitrogens with two attached hydrogens (primary N) is 1. The van der Waals surface area contributed by atoms with Crippen LogP contribution in [0.2, 0.25) is 0 Å². The molecular formula is C24H17N5O3. The largest absolute Gasteiger partial charge is 0.364 e. The third-order valence-electron chi connectivity index (χ3n) is 5.01. The van der Waals surface area contributed by atoms with Crippen molar-refractivity contribution in [3.05, 3.63) is 96.3 Å². The number of primary amides is 1. The van der Waals surface area contributed by atoms with Crippen molar-refractivity contribution in [1.29, 1.82) is 0 Å². The van der Waals surface area contributed by atoms with Crippen LogP contribution >= 0.6 is 0 Å². The third kappa shape index (κ3) is 3.61. The van der Waals surface area contributed by atoms with Crippen LogP contribution in [0.1, 0.15) is 20.8 Å². The second kappa shape index (κ2) is 7.84. The molecule has 0 saturated carbocycles. The van der Waals surface area contributed by atoms with Gasteiger partial charge >= 0.3 is 0 Å². The lowest BCUT2D eigenvalue weighted by molar-refractivity contribution is 0.0993. The number of carbonyl (C=O) groups excluding carboxylic acids is 2. The lowest BCUT2D eigenvalue weighted by atomic mass is 10.1. The van der Waals surface area contributed by atoms with E-state index >= 15 is 0 Å². The Morgan fingerprint density at radius 2 is 1.72 bits per heavy atom. The molecule has 32 heavy (non-hydrogen) atoms. The number of rotatable bonds is 5. The minimum atomic E-state index is -0.590. The Balaban J connectivity index is 1.37. The molecule has 0 saturated heterocycles. The van der Waals surface area contributed by atoms with E-state index in [-0.39, 0.29) is 11.6 Å². The highest BCUT2D eigenvalue weighted by atomic mass is 16.5. The fourth-order valence-corrected chi connectivity index (χ4v) is 3.38. The van der Waals surface area contributed by atoms with E-state index in [4.69, 9.17) is 10.3 Å². The van der Waals surface area contributed by atoms with Crippen LogP contribution in [-0.2, 0) is 0 Å². The molecular weight excluding hydrogens is 406 g/mol. The van der Waals surface area contributed by atoms with Crippen LogP contribution in [0, 0.1) is 0 Å². The van der Waals surface area contributed by atoms with Gasteiger partial charge in [0, 0.05) is 23.0 Å². The molecule has 0 unspecified atom stereocenters. The topological polar surface area (TPSA) is 116 Å². The van der Waals surface area contributed by atoms with Gasteiger partial charge in [0.1, 0.15) is 11.2 Å². The number of nitrogens with zero attached hydrogens (tertiary/aromatic N) is 3. The summed E-state index contributed by atoms with van der Waals surface area (Å²) in [6.45, 7) is 0. The zero-order valence-corrected chi connectivity index (χ0v) is 16.7. The molecule has 0 aliphatic carbocycles. The maximum atomic E-state index is 12.8. The standard InChI is InChI=1S/C24H17N5O3/c25-23(30)21-12-13-29(27-21)18-9-7-17(8-10-18)26-24(31)16-6-11-20-19(14-16)22(32-28-20)15-4-2-1-3-5-15/h1-14H,(H2,25,30)(H,26,31). The van der Waals surface area contributed by atoms with Gasteiger partial charge in [-0.1, -0.05) is 35.5 Å². The van der Waals surface area contributed by atoms with Crippen LogP contribution in [0.3, 0.4) is 0 Å². The molecule has 2 amide bonds. The molecule has 156 valence electrons. The number of amides is 2. The van der Waals surface area contributed by atoms with Crippen molar-refractivity contribution in [2.75, 3.05) is 5.32 Å². The van der Waals surface area contributed by atoms with Gasteiger partial charge in [-0.3, -0.25) is 9.59 Å². The normalized spacial score (nSPS) is 10.9. The zero-order valence-electron chi connectivity index (χ0n) is 16.7. The van der Waals surface area contributed by atoms with E-state index in [2.05, 4.69) is 15.6 Å². The quantitative estimate of drug-likeness (QED) is 0.443. The van der Waals surface area contributed by atoms with Crippen LogP contribution < -0.4 is 11.1 Å². The van der Waals surface area contributed by atoms with Crippen molar-refractivity contribution in [2.45, 2.75) is 0 Å². The Bertz CT molecular complexity index is 1440. The van der Waals surface area contributed by atoms with Crippen molar-refractivity contribution in [3.8, 4) is 17.0 Å². The number of benzene rings is 3. The monoisotopic (exact) mass is 423 g/mol. The molecule has 5 aromatic rings.